The van der Waals surface area contributed by atoms with E-state index in [1.807, 2.05) is 25.1 Å². The van der Waals surface area contributed by atoms with Gasteiger partial charge in [0.05, 0.1) is 5.41 Å². The predicted octanol–water partition coefficient (Wildman–Crippen LogP) is 3.34. The number of carbonyl (C=O) groups excluding carboxylic acids is 1. The summed E-state index contributed by atoms with van der Waals surface area (Å²) in [6.45, 7) is 10.2. The van der Waals surface area contributed by atoms with Gasteiger partial charge < -0.3 is 10.6 Å². The Morgan fingerprint density at radius 2 is 1.95 bits per heavy atom. The van der Waals surface area contributed by atoms with Gasteiger partial charge in [0.2, 0.25) is 5.91 Å². The highest BCUT2D eigenvalue weighted by molar-refractivity contribution is 5.96. The van der Waals surface area contributed by atoms with Crippen molar-refractivity contribution < 1.29 is 4.79 Å². The third-order valence-corrected chi connectivity index (χ3v) is 3.90. The van der Waals surface area contributed by atoms with E-state index in [0.29, 0.717) is 0 Å². The van der Waals surface area contributed by atoms with Crippen molar-refractivity contribution >= 4 is 24.0 Å². The molecule has 1 aromatic rings. The zero-order chi connectivity index (χ0) is 14.1. The lowest BCUT2D eigenvalue weighted by Crippen LogP contribution is -2.36. The van der Waals surface area contributed by atoms with Gasteiger partial charge in [-0.1, -0.05) is 39.0 Å². The van der Waals surface area contributed by atoms with Crippen molar-refractivity contribution in [2.24, 2.45) is 5.41 Å². The maximum Gasteiger partial charge on any atom is 0.231 e. The van der Waals surface area contributed by atoms with Gasteiger partial charge in [0.15, 0.2) is 0 Å². The topological polar surface area (TPSA) is 41.1 Å². The van der Waals surface area contributed by atoms with E-state index in [-0.39, 0.29) is 29.1 Å². The molecule has 1 amide bonds. The average Bonchev–Trinajstić information content (AvgIpc) is 2.77. The number of halogens is 1. The summed E-state index contributed by atoms with van der Waals surface area (Å²) in [5, 5.41) is 6.38. The second-order valence-electron chi connectivity index (χ2n) is 6.74. The number of anilines is 1. The van der Waals surface area contributed by atoms with Gasteiger partial charge in [-0.3, -0.25) is 4.79 Å². The summed E-state index contributed by atoms with van der Waals surface area (Å²) >= 11 is 0. The quantitative estimate of drug-likeness (QED) is 0.879. The van der Waals surface area contributed by atoms with Crippen LogP contribution in [0.3, 0.4) is 0 Å². The first kappa shape index (κ1) is 17.0. The highest BCUT2D eigenvalue weighted by atomic mass is 35.5. The summed E-state index contributed by atoms with van der Waals surface area (Å²) in [5.41, 5.74) is 1.86. The summed E-state index contributed by atoms with van der Waals surface area (Å²) in [4.78, 5) is 12.5. The first-order valence-electron chi connectivity index (χ1n) is 6.95. The Balaban J connectivity index is 0.00000200. The molecule has 1 aromatic carbocycles. The van der Waals surface area contributed by atoms with E-state index in [1.165, 1.54) is 5.56 Å². The lowest BCUT2D eigenvalue weighted by molar-refractivity contribution is -0.123. The number of benzene rings is 1. The lowest BCUT2D eigenvalue weighted by atomic mass is 9.84. The summed E-state index contributed by atoms with van der Waals surface area (Å²) in [6, 6.07) is 8.07. The van der Waals surface area contributed by atoms with Crippen LogP contribution in [0.15, 0.2) is 24.3 Å². The van der Waals surface area contributed by atoms with Gasteiger partial charge in [-0.25, -0.2) is 0 Å². The molecule has 1 atom stereocenters. The number of hydrogen-bond donors (Lipinski definition) is 2. The first-order chi connectivity index (χ1) is 8.83. The Labute approximate surface area is 127 Å². The fraction of sp³-hybridized carbons (Fsp3) is 0.562. The van der Waals surface area contributed by atoms with Gasteiger partial charge in [0.25, 0.3) is 0 Å². The van der Waals surface area contributed by atoms with Crippen molar-refractivity contribution in [3.8, 4) is 0 Å². The molecule has 0 bridgehead atoms. The van der Waals surface area contributed by atoms with Gasteiger partial charge in [-0.05, 0) is 36.9 Å². The number of nitrogens with one attached hydrogen (secondary N) is 2. The molecule has 0 spiro atoms. The Bertz CT molecular complexity index is 474. The fourth-order valence-corrected chi connectivity index (χ4v) is 2.53. The van der Waals surface area contributed by atoms with Crippen LogP contribution in [0.4, 0.5) is 5.69 Å². The second kappa shape index (κ2) is 6.15. The van der Waals surface area contributed by atoms with Crippen LogP contribution >= 0.6 is 12.4 Å². The first-order valence-corrected chi connectivity index (χ1v) is 6.95. The van der Waals surface area contributed by atoms with Gasteiger partial charge in [0.1, 0.15) is 0 Å². The molecule has 1 aliphatic rings. The third-order valence-electron chi connectivity index (χ3n) is 3.90. The van der Waals surface area contributed by atoms with Crippen LogP contribution in [0.2, 0.25) is 0 Å². The van der Waals surface area contributed by atoms with Crippen molar-refractivity contribution in [2.45, 2.75) is 39.5 Å². The molecular weight excluding hydrogens is 272 g/mol. The fourth-order valence-electron chi connectivity index (χ4n) is 2.53. The van der Waals surface area contributed by atoms with Gasteiger partial charge in [-0.15, -0.1) is 12.4 Å². The minimum atomic E-state index is -0.287. The number of para-hydroxylation sites is 1. The molecule has 1 saturated heterocycles. The average molecular weight is 297 g/mol. The Kier molecular flexibility index (Phi) is 5.22. The molecule has 1 aliphatic heterocycles. The summed E-state index contributed by atoms with van der Waals surface area (Å²) in [5.74, 6) is 0.120. The largest absolute Gasteiger partial charge is 0.325 e. The van der Waals surface area contributed by atoms with Crippen molar-refractivity contribution in [2.75, 3.05) is 18.4 Å². The zero-order valence-electron chi connectivity index (χ0n) is 12.7. The number of amides is 1. The molecule has 2 N–H and O–H groups in total. The van der Waals surface area contributed by atoms with E-state index in [0.717, 1.165) is 25.2 Å². The monoisotopic (exact) mass is 296 g/mol. The van der Waals surface area contributed by atoms with Crippen LogP contribution in [-0.4, -0.2) is 19.0 Å². The molecule has 3 nitrogen and oxygen atoms in total. The minimum absolute atomic E-state index is 0. The minimum Gasteiger partial charge on any atom is -0.325 e. The Hall–Kier alpha value is -1.06. The van der Waals surface area contributed by atoms with Gasteiger partial charge in [0, 0.05) is 12.2 Å². The van der Waals surface area contributed by atoms with Crippen molar-refractivity contribution in [3.63, 3.8) is 0 Å². The molecule has 1 fully saturated rings. The third kappa shape index (κ3) is 3.53. The smallest absolute Gasteiger partial charge is 0.231 e. The predicted molar refractivity (Wildman–Crippen MR) is 86.6 cm³/mol. The number of carbonyl (C=O) groups is 1. The van der Waals surface area contributed by atoms with Crippen molar-refractivity contribution in [3.05, 3.63) is 29.8 Å². The molecule has 20 heavy (non-hydrogen) atoms. The molecule has 1 unspecified atom stereocenters. The molecule has 4 heteroatoms. The molecule has 0 radical (unpaired) electrons. The second-order valence-corrected chi connectivity index (χ2v) is 6.74. The molecule has 1 heterocycles. The van der Waals surface area contributed by atoms with E-state index in [1.54, 1.807) is 0 Å². The normalized spacial score (nSPS) is 22.2. The summed E-state index contributed by atoms with van der Waals surface area (Å²) < 4.78 is 0. The Morgan fingerprint density at radius 1 is 1.30 bits per heavy atom. The molecule has 0 aromatic heterocycles. The molecular formula is C16H25ClN2O. The summed E-state index contributed by atoms with van der Waals surface area (Å²) in [7, 11) is 0. The van der Waals surface area contributed by atoms with Crippen LogP contribution < -0.4 is 10.6 Å². The van der Waals surface area contributed by atoms with Crippen LogP contribution in [0.25, 0.3) is 0 Å². The number of rotatable bonds is 2. The van der Waals surface area contributed by atoms with E-state index in [9.17, 15) is 4.79 Å². The van der Waals surface area contributed by atoms with Crippen LogP contribution in [0, 0.1) is 5.41 Å². The molecule has 0 saturated carbocycles. The number of hydrogen-bond acceptors (Lipinski definition) is 2. The Morgan fingerprint density at radius 3 is 2.50 bits per heavy atom. The van der Waals surface area contributed by atoms with Crippen LogP contribution in [0.5, 0.6) is 0 Å². The summed E-state index contributed by atoms with van der Waals surface area (Å²) in [6.07, 6.45) is 0.899. The van der Waals surface area contributed by atoms with Gasteiger partial charge >= 0.3 is 0 Å². The highest BCUT2D eigenvalue weighted by Crippen LogP contribution is 2.32. The van der Waals surface area contributed by atoms with E-state index in [4.69, 9.17) is 0 Å². The van der Waals surface area contributed by atoms with Crippen LogP contribution in [-0.2, 0) is 10.2 Å². The molecule has 0 aliphatic carbocycles. The maximum absolute atomic E-state index is 12.5. The van der Waals surface area contributed by atoms with E-state index in [2.05, 4.69) is 37.5 Å². The standard InChI is InChI=1S/C16H24N2O.ClH/c1-15(2,3)12-7-5-6-8-13(12)18-14(19)16(4)9-10-17-11-16;/h5-8,17H,9-11H2,1-4H3,(H,18,19);1H. The maximum atomic E-state index is 12.5. The SMILES string of the molecule is CC1(C(=O)Nc2ccccc2C(C)(C)C)CCNC1.Cl. The van der Waals surface area contributed by atoms with Crippen molar-refractivity contribution in [1.82, 2.24) is 5.32 Å². The molecule has 2 rings (SSSR count). The van der Waals surface area contributed by atoms with E-state index < -0.39 is 0 Å². The molecule has 112 valence electrons. The lowest BCUT2D eigenvalue weighted by Gasteiger charge is -2.26. The zero-order valence-corrected chi connectivity index (χ0v) is 13.6. The van der Waals surface area contributed by atoms with Gasteiger partial charge in [-0.2, -0.15) is 0 Å². The van der Waals surface area contributed by atoms with Crippen LogP contribution in [0.1, 0.15) is 39.7 Å². The van der Waals surface area contributed by atoms with E-state index >= 15 is 0 Å². The van der Waals surface area contributed by atoms with Crippen molar-refractivity contribution in [1.29, 1.82) is 0 Å². The highest BCUT2D eigenvalue weighted by Gasteiger charge is 2.36.